The van der Waals surface area contributed by atoms with Crippen molar-refractivity contribution in [1.29, 1.82) is 0 Å². The molecule has 0 aliphatic carbocycles. The van der Waals surface area contributed by atoms with Crippen LogP contribution < -0.4 is 0 Å². The Morgan fingerprint density at radius 3 is 2.23 bits per heavy atom. The van der Waals surface area contributed by atoms with Gasteiger partial charge in [0.15, 0.2) is 0 Å². The highest BCUT2D eigenvalue weighted by Gasteiger charge is 2.13. The first-order valence-electron chi connectivity index (χ1n) is 6.52. The van der Waals surface area contributed by atoms with Crippen LogP contribution in [0.3, 0.4) is 0 Å². The standard InChI is InChI=1S/C17H14O5/c1-12(11-13-5-3-2-4-6-13)16(19)21-22-17(20)14-7-9-15(18)10-8-14/h2-11,18H,1H3. The maximum atomic E-state index is 11.7. The molecule has 1 N–H and O–H groups in total. The number of carbonyl (C=O) groups excluding carboxylic acids is 2. The van der Waals surface area contributed by atoms with Gasteiger partial charge >= 0.3 is 11.9 Å². The lowest BCUT2D eigenvalue weighted by molar-refractivity contribution is -0.229. The first-order chi connectivity index (χ1) is 10.6. The van der Waals surface area contributed by atoms with Gasteiger partial charge in [-0.1, -0.05) is 30.3 Å². The van der Waals surface area contributed by atoms with Crippen LogP contribution in [-0.4, -0.2) is 17.0 Å². The number of phenols is 1. The van der Waals surface area contributed by atoms with Crippen molar-refractivity contribution in [3.05, 3.63) is 71.3 Å². The van der Waals surface area contributed by atoms with Crippen LogP contribution in [0, 0.1) is 0 Å². The molecule has 0 spiro atoms. The van der Waals surface area contributed by atoms with Gasteiger partial charge in [-0.05, 0) is 42.8 Å². The quantitative estimate of drug-likeness (QED) is 0.535. The summed E-state index contributed by atoms with van der Waals surface area (Å²) in [7, 11) is 0. The SMILES string of the molecule is CC(=Cc1ccccc1)C(=O)OOC(=O)c1ccc(O)cc1. The van der Waals surface area contributed by atoms with E-state index >= 15 is 0 Å². The molecule has 22 heavy (non-hydrogen) atoms. The van der Waals surface area contributed by atoms with Gasteiger partial charge in [-0.3, -0.25) is 0 Å². The molecule has 2 aromatic rings. The number of rotatable bonds is 3. The molecule has 0 fully saturated rings. The van der Waals surface area contributed by atoms with Crippen LogP contribution in [0.1, 0.15) is 22.8 Å². The van der Waals surface area contributed by atoms with E-state index in [4.69, 9.17) is 5.11 Å². The minimum absolute atomic E-state index is 0.0233. The van der Waals surface area contributed by atoms with Gasteiger partial charge in [0.05, 0.1) is 5.56 Å². The summed E-state index contributed by atoms with van der Waals surface area (Å²) in [5, 5.41) is 9.12. The Labute approximate surface area is 127 Å². The van der Waals surface area contributed by atoms with E-state index in [9.17, 15) is 9.59 Å². The Morgan fingerprint density at radius 2 is 1.59 bits per heavy atom. The zero-order valence-corrected chi connectivity index (χ0v) is 11.9. The number of phenolic OH excluding ortho intramolecular Hbond substituents is 1. The lowest BCUT2D eigenvalue weighted by Crippen LogP contribution is -2.12. The predicted molar refractivity (Wildman–Crippen MR) is 79.7 cm³/mol. The molecule has 0 aromatic heterocycles. The van der Waals surface area contributed by atoms with Gasteiger partial charge < -0.3 is 5.11 Å². The molecule has 0 bridgehead atoms. The Morgan fingerprint density at radius 1 is 0.955 bits per heavy atom. The topological polar surface area (TPSA) is 72.8 Å². The fraction of sp³-hybridized carbons (Fsp3) is 0.0588. The van der Waals surface area contributed by atoms with Gasteiger partial charge in [0, 0.05) is 5.57 Å². The van der Waals surface area contributed by atoms with E-state index in [-0.39, 0.29) is 11.3 Å². The van der Waals surface area contributed by atoms with Gasteiger partial charge in [-0.25, -0.2) is 19.4 Å². The maximum Gasteiger partial charge on any atom is 0.386 e. The van der Waals surface area contributed by atoms with Gasteiger partial charge in [-0.2, -0.15) is 0 Å². The van der Waals surface area contributed by atoms with Gasteiger partial charge in [0.2, 0.25) is 0 Å². The Balaban J connectivity index is 1.93. The van der Waals surface area contributed by atoms with Crippen LogP contribution in [0.4, 0.5) is 0 Å². The van der Waals surface area contributed by atoms with Crippen molar-refractivity contribution in [2.75, 3.05) is 0 Å². The molecule has 0 unspecified atom stereocenters. The third-order valence-corrected chi connectivity index (χ3v) is 2.80. The lowest BCUT2D eigenvalue weighted by atomic mass is 10.1. The highest BCUT2D eigenvalue weighted by molar-refractivity contribution is 5.94. The van der Waals surface area contributed by atoms with Crippen molar-refractivity contribution < 1.29 is 24.5 Å². The Bertz CT molecular complexity index is 687. The van der Waals surface area contributed by atoms with E-state index in [1.807, 2.05) is 30.3 Å². The van der Waals surface area contributed by atoms with Crippen LogP contribution >= 0.6 is 0 Å². The summed E-state index contributed by atoms with van der Waals surface area (Å²) in [6.45, 7) is 1.56. The molecular weight excluding hydrogens is 284 g/mol. The molecular formula is C17H14O5. The fourth-order valence-electron chi connectivity index (χ4n) is 1.65. The van der Waals surface area contributed by atoms with Crippen molar-refractivity contribution in [3.63, 3.8) is 0 Å². The van der Waals surface area contributed by atoms with Gasteiger partial charge in [0.1, 0.15) is 5.75 Å². The average Bonchev–Trinajstić information content (AvgIpc) is 2.53. The largest absolute Gasteiger partial charge is 0.508 e. The molecule has 0 aliphatic rings. The van der Waals surface area contributed by atoms with Gasteiger partial charge in [0.25, 0.3) is 0 Å². The highest BCUT2D eigenvalue weighted by Crippen LogP contribution is 2.12. The number of hydrogen-bond acceptors (Lipinski definition) is 5. The van der Waals surface area contributed by atoms with Crippen molar-refractivity contribution >= 4 is 18.0 Å². The summed E-state index contributed by atoms with van der Waals surface area (Å²) in [6.07, 6.45) is 1.62. The molecule has 5 heteroatoms. The normalized spacial score (nSPS) is 10.9. The average molecular weight is 298 g/mol. The van der Waals surface area contributed by atoms with Crippen LogP contribution in [0.25, 0.3) is 6.08 Å². The number of benzene rings is 2. The summed E-state index contributed by atoms with van der Waals surface area (Å²) in [6, 6.07) is 14.6. The van der Waals surface area contributed by atoms with Crippen LogP contribution in [0.5, 0.6) is 5.75 Å². The van der Waals surface area contributed by atoms with E-state index in [1.54, 1.807) is 13.0 Å². The second kappa shape index (κ2) is 7.08. The number of hydrogen-bond donors (Lipinski definition) is 1. The molecule has 2 aromatic carbocycles. The maximum absolute atomic E-state index is 11.7. The third kappa shape index (κ3) is 4.21. The van der Waals surface area contributed by atoms with Crippen LogP contribution in [0.15, 0.2) is 60.2 Å². The summed E-state index contributed by atoms with van der Waals surface area (Å²) in [5.74, 6) is -1.55. The van der Waals surface area contributed by atoms with Crippen molar-refractivity contribution in [3.8, 4) is 5.75 Å². The van der Waals surface area contributed by atoms with E-state index < -0.39 is 11.9 Å². The first kappa shape index (κ1) is 15.3. The van der Waals surface area contributed by atoms with E-state index in [0.29, 0.717) is 5.57 Å². The van der Waals surface area contributed by atoms with Crippen LogP contribution in [-0.2, 0) is 14.6 Å². The van der Waals surface area contributed by atoms with E-state index in [1.165, 1.54) is 24.3 Å². The van der Waals surface area contributed by atoms with E-state index in [0.717, 1.165) is 5.56 Å². The molecule has 2 rings (SSSR count). The molecule has 112 valence electrons. The minimum atomic E-state index is -0.819. The summed E-state index contributed by atoms with van der Waals surface area (Å²) in [5.41, 5.74) is 1.29. The summed E-state index contributed by atoms with van der Waals surface area (Å²) in [4.78, 5) is 32.4. The molecule has 0 radical (unpaired) electrons. The highest BCUT2D eigenvalue weighted by atomic mass is 17.2. The summed E-state index contributed by atoms with van der Waals surface area (Å²) < 4.78 is 0. The second-order valence-corrected chi connectivity index (χ2v) is 4.53. The molecule has 0 saturated heterocycles. The lowest BCUT2D eigenvalue weighted by Gasteiger charge is -2.04. The fourth-order valence-corrected chi connectivity index (χ4v) is 1.65. The van der Waals surface area contributed by atoms with Gasteiger partial charge in [-0.15, -0.1) is 0 Å². The predicted octanol–water partition coefficient (Wildman–Crippen LogP) is 3.11. The van der Waals surface area contributed by atoms with Crippen molar-refractivity contribution in [2.24, 2.45) is 0 Å². The van der Waals surface area contributed by atoms with E-state index in [2.05, 4.69) is 9.78 Å². The minimum Gasteiger partial charge on any atom is -0.508 e. The monoisotopic (exact) mass is 298 g/mol. The zero-order chi connectivity index (χ0) is 15.9. The second-order valence-electron chi connectivity index (χ2n) is 4.53. The Kier molecular flexibility index (Phi) is 4.93. The summed E-state index contributed by atoms with van der Waals surface area (Å²) >= 11 is 0. The molecule has 0 amide bonds. The Hall–Kier alpha value is -3.08. The molecule has 0 heterocycles. The smallest absolute Gasteiger partial charge is 0.386 e. The third-order valence-electron chi connectivity index (χ3n) is 2.80. The zero-order valence-electron chi connectivity index (χ0n) is 11.9. The van der Waals surface area contributed by atoms with Crippen molar-refractivity contribution in [2.45, 2.75) is 6.92 Å². The molecule has 0 saturated carbocycles. The molecule has 0 aliphatic heterocycles. The van der Waals surface area contributed by atoms with Crippen molar-refractivity contribution in [1.82, 2.24) is 0 Å². The number of carbonyl (C=O) groups is 2. The number of aromatic hydroxyl groups is 1. The van der Waals surface area contributed by atoms with Crippen LogP contribution in [0.2, 0.25) is 0 Å². The molecule has 5 nitrogen and oxygen atoms in total. The first-order valence-corrected chi connectivity index (χ1v) is 6.52. The molecule has 0 atom stereocenters.